The molecule has 8 aromatic carbocycles. The molecule has 0 radical (unpaired) electrons. The van der Waals surface area contributed by atoms with Gasteiger partial charge >= 0.3 is 0 Å². The number of benzene rings is 8. The molecule has 0 N–H and O–H groups in total. The molecule has 9 aromatic rings. The monoisotopic (exact) mass is 643 g/mol. The Hall–Kier alpha value is -5.70. The van der Waals surface area contributed by atoms with E-state index in [0.29, 0.717) is 0 Å². The molecule has 1 heterocycles. The minimum atomic E-state index is -0.0853. The van der Waals surface area contributed by atoms with Crippen LogP contribution in [-0.4, -0.2) is 0 Å². The number of anilines is 3. The van der Waals surface area contributed by atoms with E-state index in [-0.39, 0.29) is 5.41 Å². The van der Waals surface area contributed by atoms with Crippen LogP contribution in [0.2, 0.25) is 0 Å². The van der Waals surface area contributed by atoms with Crippen LogP contribution >= 0.6 is 11.3 Å². The molecule has 1 aliphatic rings. The van der Waals surface area contributed by atoms with E-state index >= 15 is 0 Å². The number of thiophene rings is 1. The number of fused-ring (bicyclic) bond motifs is 8. The minimum absolute atomic E-state index is 0.0853. The molecule has 1 aliphatic carbocycles. The van der Waals surface area contributed by atoms with E-state index in [2.05, 4.69) is 183 Å². The van der Waals surface area contributed by atoms with Gasteiger partial charge in [-0.1, -0.05) is 123 Å². The van der Waals surface area contributed by atoms with Crippen LogP contribution in [0.3, 0.4) is 0 Å². The van der Waals surface area contributed by atoms with Crippen LogP contribution in [0.15, 0.2) is 164 Å². The van der Waals surface area contributed by atoms with Crippen LogP contribution < -0.4 is 4.90 Å². The normalized spacial score (nSPS) is 13.3. The van der Waals surface area contributed by atoms with Gasteiger partial charge in [0.15, 0.2) is 0 Å². The quantitative estimate of drug-likeness (QED) is 0.184. The van der Waals surface area contributed by atoms with Gasteiger partial charge in [-0.15, -0.1) is 11.3 Å². The van der Waals surface area contributed by atoms with E-state index in [1.54, 1.807) is 0 Å². The summed E-state index contributed by atoms with van der Waals surface area (Å²) in [5.74, 6) is 0. The molecule has 0 atom stereocenters. The zero-order valence-corrected chi connectivity index (χ0v) is 28.3. The maximum absolute atomic E-state index is 2.45. The lowest BCUT2D eigenvalue weighted by atomic mass is 9.82. The molecule has 0 spiro atoms. The molecule has 0 saturated heterocycles. The third kappa shape index (κ3) is 4.45. The van der Waals surface area contributed by atoms with Gasteiger partial charge in [-0.25, -0.2) is 0 Å². The highest BCUT2D eigenvalue weighted by Crippen LogP contribution is 2.51. The van der Waals surface area contributed by atoms with Crippen LogP contribution in [-0.2, 0) is 5.41 Å². The third-order valence-electron chi connectivity index (χ3n) is 10.6. The van der Waals surface area contributed by atoms with E-state index in [4.69, 9.17) is 0 Å². The average molecular weight is 644 g/mol. The summed E-state index contributed by atoms with van der Waals surface area (Å²) >= 11 is 1.88. The van der Waals surface area contributed by atoms with Gasteiger partial charge in [0.05, 0.1) is 0 Å². The highest BCUT2D eigenvalue weighted by atomic mass is 32.1. The summed E-state index contributed by atoms with van der Waals surface area (Å²) < 4.78 is 2.63. The van der Waals surface area contributed by atoms with E-state index in [1.807, 2.05) is 11.3 Å². The second kappa shape index (κ2) is 10.7. The fraction of sp³-hybridized carbons (Fsp3) is 0.0638. The van der Waals surface area contributed by atoms with E-state index in [0.717, 1.165) is 11.4 Å². The first-order valence-electron chi connectivity index (χ1n) is 17.0. The molecular formula is C47H33NS. The molecule has 0 fully saturated rings. The van der Waals surface area contributed by atoms with Crippen molar-refractivity contribution < 1.29 is 0 Å². The number of rotatable bonds is 4. The lowest BCUT2D eigenvalue weighted by Gasteiger charge is -2.28. The first kappa shape index (κ1) is 28.3. The van der Waals surface area contributed by atoms with Crippen LogP contribution in [0, 0.1) is 0 Å². The van der Waals surface area contributed by atoms with Gasteiger partial charge in [0.1, 0.15) is 0 Å². The predicted octanol–water partition coefficient (Wildman–Crippen LogP) is 13.8. The van der Waals surface area contributed by atoms with Crippen LogP contribution in [0.4, 0.5) is 17.1 Å². The summed E-state index contributed by atoms with van der Waals surface area (Å²) in [4.78, 5) is 2.45. The molecule has 0 saturated carbocycles. The highest BCUT2D eigenvalue weighted by molar-refractivity contribution is 7.25. The number of hydrogen-bond acceptors (Lipinski definition) is 2. The van der Waals surface area contributed by atoms with Gasteiger partial charge in [-0.2, -0.15) is 0 Å². The van der Waals surface area contributed by atoms with E-state index < -0.39 is 0 Å². The summed E-state index contributed by atoms with van der Waals surface area (Å²) in [6.45, 7) is 4.72. The molecule has 1 aromatic heterocycles. The van der Waals surface area contributed by atoms with Gasteiger partial charge in [0.25, 0.3) is 0 Å². The Morgan fingerprint density at radius 1 is 0.408 bits per heavy atom. The van der Waals surface area contributed by atoms with Crippen molar-refractivity contribution in [2.24, 2.45) is 0 Å². The zero-order valence-electron chi connectivity index (χ0n) is 27.4. The lowest BCUT2D eigenvalue weighted by molar-refractivity contribution is 0.660. The van der Waals surface area contributed by atoms with Crippen LogP contribution in [0.1, 0.15) is 25.0 Å². The van der Waals surface area contributed by atoms with Gasteiger partial charge < -0.3 is 4.90 Å². The Morgan fingerprint density at radius 2 is 1.04 bits per heavy atom. The SMILES string of the molecule is CC1(C)c2ccccc2-c2ccc(N(c3cccc(-c4ccc5ccccc5c4)c3)c3ccc4c(c3)sc3cc5ccccc5cc34)cc21. The molecule has 0 aliphatic heterocycles. The molecular weight excluding hydrogens is 611 g/mol. The highest BCUT2D eigenvalue weighted by Gasteiger charge is 2.35. The fourth-order valence-corrected chi connectivity index (χ4v) is 9.23. The Labute approximate surface area is 290 Å². The molecule has 49 heavy (non-hydrogen) atoms. The van der Waals surface area contributed by atoms with Crippen LogP contribution in [0.5, 0.6) is 0 Å². The smallest absolute Gasteiger partial charge is 0.0476 e. The zero-order chi connectivity index (χ0) is 32.7. The minimum Gasteiger partial charge on any atom is -0.310 e. The third-order valence-corrected chi connectivity index (χ3v) is 11.7. The van der Waals surface area contributed by atoms with E-state index in [1.165, 1.54) is 80.8 Å². The molecule has 1 nitrogen and oxygen atoms in total. The summed E-state index contributed by atoms with van der Waals surface area (Å²) in [5, 5.41) is 7.72. The summed E-state index contributed by atoms with van der Waals surface area (Å²) in [5.41, 5.74) is 11.3. The fourth-order valence-electron chi connectivity index (χ4n) is 8.06. The van der Waals surface area contributed by atoms with Gasteiger partial charge in [0.2, 0.25) is 0 Å². The molecule has 0 bridgehead atoms. The van der Waals surface area contributed by atoms with Crippen molar-refractivity contribution in [3.63, 3.8) is 0 Å². The maximum Gasteiger partial charge on any atom is 0.0476 e. The average Bonchev–Trinajstić information content (AvgIpc) is 3.61. The lowest BCUT2D eigenvalue weighted by Crippen LogP contribution is -2.16. The van der Waals surface area contributed by atoms with Gasteiger partial charge in [-0.05, 0) is 110 Å². The van der Waals surface area contributed by atoms with Crippen molar-refractivity contribution in [1.29, 1.82) is 0 Å². The second-order valence-corrected chi connectivity index (χ2v) is 14.9. The molecule has 2 heteroatoms. The predicted molar refractivity (Wildman–Crippen MR) is 212 cm³/mol. The first-order chi connectivity index (χ1) is 24.0. The van der Waals surface area contributed by atoms with Gasteiger partial charge in [-0.3, -0.25) is 0 Å². The molecule has 0 amide bonds. The van der Waals surface area contributed by atoms with Crippen molar-refractivity contribution in [3.05, 3.63) is 175 Å². The van der Waals surface area contributed by atoms with Crippen molar-refractivity contribution in [2.75, 3.05) is 4.90 Å². The summed E-state index contributed by atoms with van der Waals surface area (Å²) in [6.07, 6.45) is 0. The summed E-state index contributed by atoms with van der Waals surface area (Å²) in [7, 11) is 0. The summed E-state index contributed by atoms with van der Waals surface area (Å²) in [6, 6.07) is 60.8. The van der Waals surface area contributed by atoms with Crippen LogP contribution in [0.25, 0.3) is 64.0 Å². The van der Waals surface area contributed by atoms with Crippen molar-refractivity contribution >= 4 is 70.1 Å². The molecule has 10 rings (SSSR count). The second-order valence-electron chi connectivity index (χ2n) is 13.8. The van der Waals surface area contributed by atoms with Gasteiger partial charge in [0, 0.05) is 42.6 Å². The van der Waals surface area contributed by atoms with Crippen molar-refractivity contribution in [1.82, 2.24) is 0 Å². The Morgan fingerprint density at radius 3 is 1.90 bits per heavy atom. The molecule has 0 unspecified atom stereocenters. The largest absolute Gasteiger partial charge is 0.310 e. The number of nitrogens with zero attached hydrogens (tertiary/aromatic N) is 1. The topological polar surface area (TPSA) is 3.24 Å². The molecule has 232 valence electrons. The number of hydrogen-bond donors (Lipinski definition) is 0. The van der Waals surface area contributed by atoms with Crippen molar-refractivity contribution in [3.8, 4) is 22.3 Å². The standard InChI is InChI=1S/C47H33NS/c1-47(2)43-17-8-7-16-39(43)40-22-20-37(28-44(40)47)48(36-15-9-14-32(25-36)35-19-18-30-10-3-4-11-31(30)24-35)38-21-23-41-42-26-33-12-5-6-13-34(33)27-45(42)49-46(41)29-38/h3-29H,1-2H3. The Bertz CT molecular complexity index is 2770. The Balaban J connectivity index is 1.16. The first-order valence-corrected chi connectivity index (χ1v) is 17.8. The Kier molecular flexibility index (Phi) is 6.16. The van der Waals surface area contributed by atoms with E-state index in [9.17, 15) is 0 Å². The van der Waals surface area contributed by atoms with Crippen molar-refractivity contribution in [2.45, 2.75) is 19.3 Å². The maximum atomic E-state index is 2.45.